The Morgan fingerprint density at radius 3 is 2.39 bits per heavy atom. The molecule has 0 unspecified atom stereocenters. The first kappa shape index (κ1) is 27.9. The highest BCUT2D eigenvalue weighted by molar-refractivity contribution is 7.92. The molecule has 3 saturated heterocycles. The van der Waals surface area contributed by atoms with E-state index in [2.05, 4.69) is 36.6 Å². The van der Waals surface area contributed by atoms with E-state index in [1.165, 1.54) is 12.7 Å². The lowest BCUT2D eigenvalue weighted by atomic mass is 10.1. The molecule has 41 heavy (non-hydrogen) atoms. The average molecular weight is 581 g/mol. The van der Waals surface area contributed by atoms with Crippen LogP contribution in [-0.2, 0) is 26.0 Å². The Morgan fingerprint density at radius 2 is 1.71 bits per heavy atom. The molecule has 3 aromatic rings. The van der Waals surface area contributed by atoms with Gasteiger partial charge < -0.3 is 19.1 Å². The number of rotatable bonds is 9. The number of benzene rings is 1. The van der Waals surface area contributed by atoms with E-state index >= 15 is 0 Å². The van der Waals surface area contributed by atoms with Gasteiger partial charge in [0, 0.05) is 57.6 Å². The zero-order chi connectivity index (χ0) is 28.2. The second kappa shape index (κ2) is 12.3. The van der Waals surface area contributed by atoms with Crippen LogP contribution in [0.15, 0.2) is 59.8 Å². The Morgan fingerprint density at radius 1 is 0.951 bits per heavy atom. The normalized spacial score (nSPS) is 19.1. The van der Waals surface area contributed by atoms with E-state index in [-0.39, 0.29) is 10.8 Å². The quantitative estimate of drug-likeness (QED) is 0.405. The number of sulfonamides is 1. The fourth-order valence-electron chi connectivity index (χ4n) is 5.38. The first-order chi connectivity index (χ1) is 20.0. The average Bonchev–Trinajstić information content (AvgIpc) is 2.98. The van der Waals surface area contributed by atoms with Crippen molar-refractivity contribution in [3.63, 3.8) is 0 Å². The number of morpholine rings is 1. The van der Waals surface area contributed by atoms with Crippen LogP contribution in [0, 0.1) is 0 Å². The largest absolute Gasteiger partial charge is 0.480 e. The minimum absolute atomic E-state index is 0.0199. The van der Waals surface area contributed by atoms with Gasteiger partial charge in [-0.2, -0.15) is 0 Å². The molecule has 1 aromatic carbocycles. The van der Waals surface area contributed by atoms with Crippen LogP contribution in [-0.4, -0.2) is 107 Å². The molecule has 0 amide bonds. The van der Waals surface area contributed by atoms with Crippen molar-refractivity contribution in [2.45, 2.75) is 17.5 Å². The van der Waals surface area contributed by atoms with E-state index in [4.69, 9.17) is 14.2 Å². The van der Waals surface area contributed by atoms with Crippen LogP contribution >= 0.6 is 0 Å². The predicted octanol–water partition coefficient (Wildman–Crippen LogP) is 2.31. The van der Waals surface area contributed by atoms with Crippen LogP contribution in [0.5, 0.6) is 5.88 Å². The second-order valence-corrected chi connectivity index (χ2v) is 12.2. The molecule has 3 aliphatic heterocycles. The molecule has 0 atom stereocenters. The lowest BCUT2D eigenvalue weighted by Crippen LogP contribution is -2.56. The number of pyridine rings is 2. The van der Waals surface area contributed by atoms with Crippen LogP contribution in [0.3, 0.4) is 0 Å². The molecule has 3 aliphatic rings. The third-order valence-electron chi connectivity index (χ3n) is 7.87. The summed E-state index contributed by atoms with van der Waals surface area (Å²) in [5.41, 5.74) is 3.96. The van der Waals surface area contributed by atoms with Gasteiger partial charge in [-0.1, -0.05) is 24.3 Å². The highest BCUT2D eigenvalue weighted by Crippen LogP contribution is 2.29. The first-order valence-corrected chi connectivity index (χ1v) is 15.5. The van der Waals surface area contributed by atoms with Crippen LogP contribution in [0.4, 0.5) is 11.4 Å². The molecule has 12 heteroatoms. The van der Waals surface area contributed by atoms with E-state index in [1.54, 1.807) is 30.6 Å². The molecule has 6 rings (SSSR count). The molecule has 0 saturated carbocycles. The molecule has 2 aromatic heterocycles. The number of aromatic nitrogens is 2. The number of ether oxygens (including phenoxy) is 3. The molecule has 1 N–H and O–H groups in total. The highest BCUT2D eigenvalue weighted by atomic mass is 32.2. The number of hydrogen-bond donors (Lipinski definition) is 1. The van der Waals surface area contributed by atoms with E-state index < -0.39 is 10.0 Å². The van der Waals surface area contributed by atoms with Crippen molar-refractivity contribution in [3.8, 4) is 17.1 Å². The van der Waals surface area contributed by atoms with Gasteiger partial charge >= 0.3 is 0 Å². The van der Waals surface area contributed by atoms with Gasteiger partial charge in [-0.15, -0.1) is 0 Å². The van der Waals surface area contributed by atoms with Crippen molar-refractivity contribution >= 4 is 21.4 Å². The molecule has 0 spiro atoms. The molecular weight excluding hydrogens is 544 g/mol. The van der Waals surface area contributed by atoms with Crippen molar-refractivity contribution in [1.82, 2.24) is 19.8 Å². The Kier molecular flexibility index (Phi) is 8.35. The zero-order valence-electron chi connectivity index (χ0n) is 23.2. The van der Waals surface area contributed by atoms with Crippen molar-refractivity contribution in [2.24, 2.45) is 0 Å². The van der Waals surface area contributed by atoms with E-state index in [9.17, 15) is 8.42 Å². The Hall–Kier alpha value is -3.29. The summed E-state index contributed by atoms with van der Waals surface area (Å²) in [6.45, 7) is 9.41. The van der Waals surface area contributed by atoms with E-state index in [0.29, 0.717) is 49.4 Å². The maximum atomic E-state index is 13.5. The number of nitrogens with one attached hydrogen (secondary N) is 1. The van der Waals surface area contributed by atoms with Gasteiger partial charge in [-0.3, -0.25) is 19.5 Å². The minimum atomic E-state index is -3.99. The highest BCUT2D eigenvalue weighted by Gasteiger charge is 2.29. The SMILES string of the molecule is COc1ncc(N2CCOCC2)cc1S(=O)(=O)Nc1ccnc(-c2ccc(CN3CCN(C4COC4)CC3)cc2)c1. The molecule has 218 valence electrons. The maximum absolute atomic E-state index is 13.5. The van der Waals surface area contributed by atoms with Gasteiger partial charge in [0.2, 0.25) is 5.88 Å². The summed E-state index contributed by atoms with van der Waals surface area (Å²) < 4.78 is 45.7. The zero-order valence-corrected chi connectivity index (χ0v) is 24.1. The third-order valence-corrected chi connectivity index (χ3v) is 9.25. The Balaban J connectivity index is 1.12. The Bertz CT molecular complexity index is 1440. The summed E-state index contributed by atoms with van der Waals surface area (Å²) in [6, 6.07) is 13.9. The molecule has 0 bridgehead atoms. The van der Waals surface area contributed by atoms with Crippen molar-refractivity contribution in [3.05, 3.63) is 60.4 Å². The number of hydrogen-bond acceptors (Lipinski definition) is 10. The van der Waals surface area contributed by atoms with E-state index in [1.807, 2.05) is 17.0 Å². The summed E-state index contributed by atoms with van der Waals surface area (Å²) in [6.07, 6.45) is 3.23. The monoisotopic (exact) mass is 580 g/mol. The van der Waals surface area contributed by atoms with Crippen LogP contribution in [0.2, 0.25) is 0 Å². The summed E-state index contributed by atoms with van der Waals surface area (Å²) >= 11 is 0. The van der Waals surface area contributed by atoms with Crippen molar-refractivity contribution in [2.75, 3.05) is 82.4 Å². The first-order valence-electron chi connectivity index (χ1n) is 14.0. The number of methoxy groups -OCH3 is 1. The minimum Gasteiger partial charge on any atom is -0.480 e. The van der Waals surface area contributed by atoms with Crippen LogP contribution in [0.25, 0.3) is 11.3 Å². The lowest BCUT2D eigenvalue weighted by molar-refractivity contribution is -0.0774. The fraction of sp³-hybridized carbons (Fsp3) is 0.448. The van der Waals surface area contributed by atoms with Gasteiger partial charge in [-0.05, 0) is 23.8 Å². The molecule has 0 aliphatic carbocycles. The molecule has 0 radical (unpaired) electrons. The standard InChI is InChI=1S/C29H36N6O5S/c1-38-29-28(17-25(18-31-29)35-12-14-39-15-13-35)41(36,37)32-24-6-7-30-27(16-24)23-4-2-22(3-5-23)19-33-8-10-34(11-9-33)26-20-40-21-26/h2-7,16-18,26H,8-15,19-21H2,1H3,(H,30,32). The van der Waals surface area contributed by atoms with Gasteiger partial charge in [0.05, 0.1) is 62.8 Å². The number of nitrogens with zero attached hydrogens (tertiary/aromatic N) is 5. The van der Waals surface area contributed by atoms with Gasteiger partial charge in [0.1, 0.15) is 0 Å². The lowest BCUT2D eigenvalue weighted by Gasteiger charge is -2.42. The molecule has 5 heterocycles. The van der Waals surface area contributed by atoms with Crippen molar-refractivity contribution < 1.29 is 22.6 Å². The van der Waals surface area contributed by atoms with E-state index in [0.717, 1.165) is 51.5 Å². The van der Waals surface area contributed by atoms with Crippen LogP contribution < -0.4 is 14.4 Å². The summed E-state index contributed by atoms with van der Waals surface area (Å²) in [5.74, 6) is 0.0397. The number of piperazine rings is 1. The summed E-state index contributed by atoms with van der Waals surface area (Å²) in [4.78, 5) is 15.8. The van der Waals surface area contributed by atoms with Gasteiger partial charge in [0.25, 0.3) is 10.0 Å². The third kappa shape index (κ3) is 6.47. The topological polar surface area (TPSA) is 109 Å². The summed E-state index contributed by atoms with van der Waals surface area (Å²) in [5, 5.41) is 0. The van der Waals surface area contributed by atoms with Gasteiger partial charge in [0.15, 0.2) is 4.90 Å². The fourth-order valence-corrected chi connectivity index (χ4v) is 6.57. The molecule has 11 nitrogen and oxygen atoms in total. The smallest absolute Gasteiger partial charge is 0.267 e. The summed E-state index contributed by atoms with van der Waals surface area (Å²) in [7, 11) is -2.57. The molecule has 3 fully saturated rings. The van der Waals surface area contributed by atoms with Crippen LogP contribution in [0.1, 0.15) is 5.56 Å². The number of anilines is 2. The Labute approximate surface area is 241 Å². The van der Waals surface area contributed by atoms with Gasteiger partial charge in [-0.25, -0.2) is 13.4 Å². The predicted molar refractivity (Wildman–Crippen MR) is 156 cm³/mol. The second-order valence-electron chi connectivity index (χ2n) is 10.5. The molecular formula is C29H36N6O5S. The maximum Gasteiger partial charge on any atom is 0.267 e. The van der Waals surface area contributed by atoms with Crippen molar-refractivity contribution in [1.29, 1.82) is 0 Å².